The predicted octanol–water partition coefficient (Wildman–Crippen LogP) is 4.76. The largest absolute Gasteiger partial charge is 0.486 e. The van der Waals surface area contributed by atoms with Crippen LogP contribution in [0.15, 0.2) is 16.6 Å². The van der Waals surface area contributed by atoms with E-state index in [9.17, 15) is 9.18 Å². The standard InChI is InChI=1S/C17H23BrFNO3/c1-16(2,3)23-15(21)20-9-10-8-17(4,5)22-14-12(10)6-11(19)7-13(14)18/h6-7,10H,8-9H2,1-5H3,(H,20,21). The molecule has 0 fully saturated rings. The lowest BCUT2D eigenvalue weighted by molar-refractivity contribution is 0.0483. The minimum absolute atomic E-state index is 0.0479. The predicted molar refractivity (Wildman–Crippen MR) is 90.4 cm³/mol. The van der Waals surface area contributed by atoms with Crippen LogP contribution in [-0.4, -0.2) is 23.8 Å². The number of alkyl carbamates (subject to hydrolysis) is 1. The molecule has 0 spiro atoms. The molecule has 1 N–H and O–H groups in total. The van der Waals surface area contributed by atoms with Crippen LogP contribution < -0.4 is 10.1 Å². The fourth-order valence-corrected chi connectivity index (χ4v) is 3.24. The number of benzene rings is 1. The monoisotopic (exact) mass is 387 g/mol. The first-order valence-corrected chi connectivity index (χ1v) is 8.41. The number of carbonyl (C=O) groups excluding carboxylic acids is 1. The summed E-state index contributed by atoms with van der Waals surface area (Å²) >= 11 is 3.35. The van der Waals surface area contributed by atoms with Crippen LogP contribution in [0.5, 0.6) is 5.75 Å². The van der Waals surface area contributed by atoms with Crippen molar-refractivity contribution in [1.29, 1.82) is 0 Å². The van der Waals surface area contributed by atoms with Gasteiger partial charge >= 0.3 is 6.09 Å². The average Bonchev–Trinajstić information content (AvgIpc) is 2.34. The van der Waals surface area contributed by atoms with Crippen molar-refractivity contribution in [3.05, 3.63) is 28.0 Å². The molecular weight excluding hydrogens is 365 g/mol. The smallest absolute Gasteiger partial charge is 0.407 e. The van der Waals surface area contributed by atoms with E-state index in [-0.39, 0.29) is 11.7 Å². The fourth-order valence-electron chi connectivity index (χ4n) is 2.72. The van der Waals surface area contributed by atoms with Gasteiger partial charge in [0.1, 0.15) is 22.8 Å². The van der Waals surface area contributed by atoms with Gasteiger partial charge in [0.15, 0.2) is 0 Å². The molecule has 1 aliphatic heterocycles. The van der Waals surface area contributed by atoms with Crippen molar-refractivity contribution >= 4 is 22.0 Å². The number of carbonyl (C=O) groups is 1. The summed E-state index contributed by atoms with van der Waals surface area (Å²) in [7, 11) is 0. The quantitative estimate of drug-likeness (QED) is 0.795. The number of hydrogen-bond donors (Lipinski definition) is 1. The Morgan fingerprint density at radius 1 is 1.48 bits per heavy atom. The summed E-state index contributed by atoms with van der Waals surface area (Å²) in [5, 5.41) is 2.77. The highest BCUT2D eigenvalue weighted by atomic mass is 79.9. The molecule has 6 heteroatoms. The van der Waals surface area contributed by atoms with E-state index in [0.717, 1.165) is 5.56 Å². The number of rotatable bonds is 2. The summed E-state index contributed by atoms with van der Waals surface area (Å²) < 4.78 is 25.5. The van der Waals surface area contributed by atoms with Crippen molar-refractivity contribution in [3.8, 4) is 5.75 Å². The second kappa shape index (κ2) is 6.30. The van der Waals surface area contributed by atoms with Gasteiger partial charge in [-0.3, -0.25) is 0 Å². The van der Waals surface area contributed by atoms with Crippen molar-refractivity contribution in [1.82, 2.24) is 5.32 Å². The molecule has 1 atom stereocenters. The molecule has 0 radical (unpaired) electrons. The third-order valence-corrected chi connectivity index (χ3v) is 4.07. The lowest BCUT2D eigenvalue weighted by Gasteiger charge is -2.38. The fraction of sp³-hybridized carbons (Fsp3) is 0.588. The lowest BCUT2D eigenvalue weighted by Crippen LogP contribution is -2.40. The average molecular weight is 388 g/mol. The normalized spacial score (nSPS) is 19.5. The Morgan fingerprint density at radius 2 is 2.13 bits per heavy atom. The van der Waals surface area contributed by atoms with E-state index in [1.165, 1.54) is 12.1 Å². The molecule has 2 rings (SSSR count). The summed E-state index contributed by atoms with van der Waals surface area (Å²) in [6.07, 6.45) is 0.199. The molecule has 0 saturated carbocycles. The molecule has 1 aromatic carbocycles. The van der Waals surface area contributed by atoms with Crippen molar-refractivity contribution in [3.63, 3.8) is 0 Å². The van der Waals surface area contributed by atoms with E-state index >= 15 is 0 Å². The molecule has 1 unspecified atom stereocenters. The Labute approximate surface area is 144 Å². The Hall–Kier alpha value is -1.30. The van der Waals surface area contributed by atoms with E-state index in [0.29, 0.717) is 23.2 Å². The van der Waals surface area contributed by atoms with Crippen molar-refractivity contribution in [2.45, 2.75) is 58.2 Å². The molecular formula is C17H23BrFNO3. The highest BCUT2D eigenvalue weighted by Gasteiger charge is 2.35. The van der Waals surface area contributed by atoms with Gasteiger partial charge in [-0.1, -0.05) is 0 Å². The van der Waals surface area contributed by atoms with Crippen LogP contribution in [0.2, 0.25) is 0 Å². The zero-order chi connectivity index (χ0) is 17.4. The third-order valence-electron chi connectivity index (χ3n) is 3.48. The number of ether oxygens (including phenoxy) is 2. The maximum absolute atomic E-state index is 13.7. The van der Waals surface area contributed by atoms with Crippen LogP contribution >= 0.6 is 15.9 Å². The second-order valence-corrected chi connectivity index (χ2v) is 8.31. The lowest BCUT2D eigenvalue weighted by atomic mass is 9.84. The van der Waals surface area contributed by atoms with Crippen LogP contribution in [0.25, 0.3) is 0 Å². The third kappa shape index (κ3) is 4.83. The summed E-state index contributed by atoms with van der Waals surface area (Å²) in [4.78, 5) is 11.9. The number of halogens is 2. The zero-order valence-electron chi connectivity index (χ0n) is 14.1. The summed E-state index contributed by atoms with van der Waals surface area (Å²) in [5.74, 6) is 0.258. The molecule has 0 aromatic heterocycles. The van der Waals surface area contributed by atoms with Crippen LogP contribution in [0.1, 0.15) is 52.5 Å². The number of fused-ring (bicyclic) bond motifs is 1. The van der Waals surface area contributed by atoms with Crippen molar-refractivity contribution in [2.24, 2.45) is 0 Å². The van der Waals surface area contributed by atoms with Gasteiger partial charge in [0.05, 0.1) is 4.47 Å². The van der Waals surface area contributed by atoms with Gasteiger partial charge in [-0.25, -0.2) is 9.18 Å². The van der Waals surface area contributed by atoms with Gasteiger partial charge in [-0.15, -0.1) is 0 Å². The van der Waals surface area contributed by atoms with Gasteiger partial charge in [-0.05, 0) is 69.1 Å². The number of hydrogen-bond acceptors (Lipinski definition) is 3. The molecule has 4 nitrogen and oxygen atoms in total. The summed E-state index contributed by atoms with van der Waals surface area (Å²) in [6.45, 7) is 9.76. The van der Waals surface area contributed by atoms with Gasteiger partial charge in [0.25, 0.3) is 0 Å². The zero-order valence-corrected chi connectivity index (χ0v) is 15.7. The summed E-state index contributed by atoms with van der Waals surface area (Å²) in [5.41, 5.74) is -0.188. The molecule has 128 valence electrons. The topological polar surface area (TPSA) is 47.6 Å². The number of amides is 1. The molecule has 1 amide bonds. The van der Waals surface area contributed by atoms with Gasteiger partial charge in [0.2, 0.25) is 0 Å². The first kappa shape index (κ1) is 18.0. The first-order valence-electron chi connectivity index (χ1n) is 7.62. The molecule has 1 aromatic rings. The van der Waals surface area contributed by atoms with E-state index in [4.69, 9.17) is 9.47 Å². The molecule has 0 saturated heterocycles. The Morgan fingerprint density at radius 3 is 2.74 bits per heavy atom. The maximum Gasteiger partial charge on any atom is 0.407 e. The minimum Gasteiger partial charge on any atom is -0.486 e. The molecule has 1 heterocycles. The van der Waals surface area contributed by atoms with Gasteiger partial charge < -0.3 is 14.8 Å². The van der Waals surface area contributed by atoms with Gasteiger partial charge in [-0.2, -0.15) is 0 Å². The second-order valence-electron chi connectivity index (χ2n) is 7.45. The van der Waals surface area contributed by atoms with Crippen molar-refractivity contribution < 1.29 is 18.7 Å². The number of nitrogens with one attached hydrogen (secondary N) is 1. The van der Waals surface area contributed by atoms with E-state index in [1.807, 2.05) is 34.6 Å². The van der Waals surface area contributed by atoms with Crippen LogP contribution in [0.3, 0.4) is 0 Å². The molecule has 23 heavy (non-hydrogen) atoms. The van der Waals surface area contributed by atoms with Gasteiger partial charge in [0, 0.05) is 18.0 Å². The molecule has 1 aliphatic rings. The highest BCUT2D eigenvalue weighted by molar-refractivity contribution is 9.10. The highest BCUT2D eigenvalue weighted by Crippen LogP contribution is 2.44. The minimum atomic E-state index is -0.550. The van der Waals surface area contributed by atoms with Crippen LogP contribution in [-0.2, 0) is 4.74 Å². The molecule has 0 bridgehead atoms. The maximum atomic E-state index is 13.7. The molecule has 0 aliphatic carbocycles. The van der Waals surface area contributed by atoms with Crippen molar-refractivity contribution in [2.75, 3.05) is 6.54 Å². The SMILES string of the molecule is CC(C)(C)OC(=O)NCC1CC(C)(C)Oc2c(Br)cc(F)cc21. The van der Waals surface area contributed by atoms with E-state index < -0.39 is 17.3 Å². The summed E-state index contributed by atoms with van der Waals surface area (Å²) in [6, 6.07) is 2.86. The van der Waals surface area contributed by atoms with Crippen LogP contribution in [0.4, 0.5) is 9.18 Å². The first-order chi connectivity index (χ1) is 10.5. The Kier molecular flexibility index (Phi) is 4.95. The Balaban J connectivity index is 2.18. The van der Waals surface area contributed by atoms with Crippen LogP contribution in [0, 0.1) is 5.82 Å². The Bertz CT molecular complexity index is 611. The van der Waals surface area contributed by atoms with E-state index in [1.54, 1.807) is 0 Å². The van der Waals surface area contributed by atoms with E-state index in [2.05, 4.69) is 21.2 Å².